The highest BCUT2D eigenvalue weighted by molar-refractivity contribution is 5.73. The van der Waals surface area contributed by atoms with Crippen molar-refractivity contribution >= 4 is 11.4 Å². The van der Waals surface area contributed by atoms with Crippen molar-refractivity contribution in [2.75, 3.05) is 37.0 Å². The Bertz CT molecular complexity index is 406. The highest BCUT2D eigenvalue weighted by Crippen LogP contribution is 2.32. The van der Waals surface area contributed by atoms with E-state index in [1.54, 1.807) is 0 Å². The van der Waals surface area contributed by atoms with Gasteiger partial charge < -0.3 is 9.80 Å². The zero-order valence-corrected chi connectivity index (χ0v) is 9.20. The van der Waals surface area contributed by atoms with Gasteiger partial charge in [0.2, 0.25) is 0 Å². The van der Waals surface area contributed by atoms with Gasteiger partial charge in [-0.3, -0.25) is 0 Å². The van der Waals surface area contributed by atoms with Crippen LogP contribution in [0.25, 0.3) is 0 Å². The van der Waals surface area contributed by atoms with Gasteiger partial charge in [-0.2, -0.15) is 5.26 Å². The highest BCUT2D eigenvalue weighted by atomic mass is 15.2. The van der Waals surface area contributed by atoms with Gasteiger partial charge in [0, 0.05) is 27.2 Å². The van der Waals surface area contributed by atoms with E-state index in [4.69, 9.17) is 5.26 Å². The van der Waals surface area contributed by atoms with Gasteiger partial charge in [-0.05, 0) is 17.7 Å². The number of likely N-dealkylation sites (N-methyl/N-ethyl adjacent to an activating group) is 2. The fraction of sp³-hybridized carbons (Fsp3) is 0.417. The minimum Gasteiger partial charge on any atom is -0.371 e. The smallest absolute Gasteiger partial charge is 0.0669 e. The van der Waals surface area contributed by atoms with E-state index in [0.29, 0.717) is 6.42 Å². The molecule has 0 fully saturated rings. The molecular formula is C12H15N3. The molecule has 0 amide bonds. The van der Waals surface area contributed by atoms with Crippen LogP contribution in [0.3, 0.4) is 0 Å². The fourth-order valence-corrected chi connectivity index (χ4v) is 1.94. The Morgan fingerprint density at radius 3 is 2.53 bits per heavy atom. The standard InChI is InChI=1S/C12H15N3/c1-14-7-8-15(2)12-9-10(5-6-13)3-4-11(12)14/h3-4,9H,5,7-8H2,1-2H3. The maximum atomic E-state index is 8.67. The predicted molar refractivity (Wildman–Crippen MR) is 62.3 cm³/mol. The summed E-state index contributed by atoms with van der Waals surface area (Å²) in [6, 6.07) is 8.45. The average Bonchev–Trinajstić information content (AvgIpc) is 2.24. The van der Waals surface area contributed by atoms with Gasteiger partial charge in [0.05, 0.1) is 23.9 Å². The van der Waals surface area contributed by atoms with Crippen LogP contribution in [0.15, 0.2) is 18.2 Å². The third-order valence-corrected chi connectivity index (χ3v) is 2.92. The number of anilines is 2. The topological polar surface area (TPSA) is 30.3 Å². The number of benzene rings is 1. The molecule has 1 aliphatic heterocycles. The van der Waals surface area contributed by atoms with E-state index in [9.17, 15) is 0 Å². The molecule has 1 aromatic carbocycles. The van der Waals surface area contributed by atoms with Crippen molar-refractivity contribution in [2.24, 2.45) is 0 Å². The largest absolute Gasteiger partial charge is 0.371 e. The summed E-state index contributed by atoms with van der Waals surface area (Å²) in [5.74, 6) is 0. The molecule has 2 rings (SSSR count). The Morgan fingerprint density at radius 1 is 1.20 bits per heavy atom. The van der Waals surface area contributed by atoms with Crippen LogP contribution in [0.5, 0.6) is 0 Å². The quantitative estimate of drug-likeness (QED) is 0.692. The summed E-state index contributed by atoms with van der Waals surface area (Å²) in [4.78, 5) is 4.50. The van der Waals surface area contributed by atoms with E-state index in [0.717, 1.165) is 18.7 Å². The van der Waals surface area contributed by atoms with Crippen molar-refractivity contribution in [1.29, 1.82) is 5.26 Å². The molecule has 78 valence electrons. The first-order chi connectivity index (χ1) is 7.22. The number of rotatable bonds is 1. The molecule has 3 heteroatoms. The van der Waals surface area contributed by atoms with Gasteiger partial charge in [0.1, 0.15) is 0 Å². The Labute approximate surface area is 90.5 Å². The number of hydrogen-bond acceptors (Lipinski definition) is 3. The zero-order valence-electron chi connectivity index (χ0n) is 9.20. The van der Waals surface area contributed by atoms with Crippen LogP contribution in [-0.4, -0.2) is 27.2 Å². The number of nitriles is 1. The van der Waals surface area contributed by atoms with Crippen molar-refractivity contribution in [3.8, 4) is 6.07 Å². The van der Waals surface area contributed by atoms with E-state index < -0.39 is 0 Å². The maximum absolute atomic E-state index is 8.67. The fourth-order valence-electron chi connectivity index (χ4n) is 1.94. The third kappa shape index (κ3) is 1.75. The van der Waals surface area contributed by atoms with Crippen molar-refractivity contribution in [3.05, 3.63) is 23.8 Å². The molecule has 0 bridgehead atoms. The van der Waals surface area contributed by atoms with Crippen LogP contribution in [0.2, 0.25) is 0 Å². The van der Waals surface area contributed by atoms with Gasteiger partial charge >= 0.3 is 0 Å². The monoisotopic (exact) mass is 201 g/mol. The van der Waals surface area contributed by atoms with E-state index in [1.165, 1.54) is 11.4 Å². The van der Waals surface area contributed by atoms with Gasteiger partial charge in [-0.25, -0.2) is 0 Å². The first kappa shape index (κ1) is 9.85. The molecule has 0 spiro atoms. The lowest BCUT2D eigenvalue weighted by Gasteiger charge is -2.34. The summed E-state index contributed by atoms with van der Waals surface area (Å²) in [5.41, 5.74) is 3.58. The molecule has 0 saturated carbocycles. The summed E-state index contributed by atoms with van der Waals surface area (Å²) in [7, 11) is 4.21. The lowest BCUT2D eigenvalue weighted by atomic mass is 10.1. The van der Waals surface area contributed by atoms with Gasteiger partial charge in [0.15, 0.2) is 0 Å². The number of nitrogens with zero attached hydrogens (tertiary/aromatic N) is 3. The molecule has 0 N–H and O–H groups in total. The molecule has 0 saturated heterocycles. The van der Waals surface area contributed by atoms with E-state index in [-0.39, 0.29) is 0 Å². The Hall–Kier alpha value is -1.69. The molecule has 1 heterocycles. The minimum absolute atomic E-state index is 0.491. The second-order valence-corrected chi connectivity index (χ2v) is 4.00. The number of fused-ring (bicyclic) bond motifs is 1. The zero-order chi connectivity index (χ0) is 10.8. The van der Waals surface area contributed by atoms with Crippen LogP contribution < -0.4 is 9.80 Å². The highest BCUT2D eigenvalue weighted by Gasteiger charge is 2.17. The Balaban J connectivity index is 2.41. The van der Waals surface area contributed by atoms with Crippen molar-refractivity contribution in [3.63, 3.8) is 0 Å². The molecule has 1 aromatic rings. The lowest BCUT2D eigenvalue weighted by Crippen LogP contribution is -2.36. The van der Waals surface area contributed by atoms with Gasteiger partial charge in [-0.15, -0.1) is 0 Å². The molecule has 1 aliphatic rings. The second kappa shape index (κ2) is 3.82. The molecular weight excluding hydrogens is 186 g/mol. The average molecular weight is 201 g/mol. The summed E-state index contributed by atoms with van der Waals surface area (Å²) in [5, 5.41) is 8.67. The first-order valence-electron chi connectivity index (χ1n) is 5.14. The van der Waals surface area contributed by atoms with Crippen LogP contribution in [0, 0.1) is 11.3 Å². The minimum atomic E-state index is 0.491. The van der Waals surface area contributed by atoms with Gasteiger partial charge in [0.25, 0.3) is 0 Å². The summed E-state index contributed by atoms with van der Waals surface area (Å²) in [6.07, 6.45) is 0.491. The normalized spacial score (nSPS) is 14.7. The third-order valence-electron chi connectivity index (χ3n) is 2.92. The molecule has 0 radical (unpaired) electrons. The summed E-state index contributed by atoms with van der Waals surface area (Å²) >= 11 is 0. The van der Waals surface area contributed by atoms with E-state index >= 15 is 0 Å². The van der Waals surface area contributed by atoms with E-state index in [2.05, 4.69) is 42.1 Å². The second-order valence-electron chi connectivity index (χ2n) is 4.00. The molecule has 0 atom stereocenters. The summed E-state index contributed by atoms with van der Waals surface area (Å²) < 4.78 is 0. The van der Waals surface area contributed by atoms with Crippen molar-refractivity contribution < 1.29 is 0 Å². The molecule has 0 aliphatic carbocycles. The maximum Gasteiger partial charge on any atom is 0.0669 e. The summed E-state index contributed by atoms with van der Waals surface area (Å²) in [6.45, 7) is 2.10. The molecule has 0 aromatic heterocycles. The van der Waals surface area contributed by atoms with Gasteiger partial charge in [-0.1, -0.05) is 6.07 Å². The van der Waals surface area contributed by atoms with Crippen molar-refractivity contribution in [1.82, 2.24) is 0 Å². The van der Waals surface area contributed by atoms with Crippen LogP contribution in [-0.2, 0) is 6.42 Å². The van der Waals surface area contributed by atoms with E-state index in [1.807, 2.05) is 6.07 Å². The predicted octanol–water partition coefficient (Wildman–Crippen LogP) is 1.64. The first-order valence-corrected chi connectivity index (χ1v) is 5.14. The van der Waals surface area contributed by atoms with Crippen LogP contribution >= 0.6 is 0 Å². The molecule has 15 heavy (non-hydrogen) atoms. The molecule has 3 nitrogen and oxygen atoms in total. The van der Waals surface area contributed by atoms with Crippen molar-refractivity contribution in [2.45, 2.75) is 6.42 Å². The Morgan fingerprint density at radius 2 is 1.87 bits per heavy atom. The molecule has 0 unspecified atom stereocenters. The Kier molecular flexibility index (Phi) is 2.51. The lowest BCUT2D eigenvalue weighted by molar-refractivity contribution is 0.797. The van der Waals surface area contributed by atoms with Crippen LogP contribution in [0.4, 0.5) is 11.4 Å². The number of hydrogen-bond donors (Lipinski definition) is 0. The SMILES string of the molecule is CN1CCN(C)c2cc(CC#N)ccc21. The van der Waals surface area contributed by atoms with Crippen LogP contribution in [0.1, 0.15) is 5.56 Å².